The van der Waals surface area contributed by atoms with Gasteiger partial charge in [-0.15, -0.1) is 0 Å². The zero-order valence-corrected chi connectivity index (χ0v) is 13.8. The van der Waals surface area contributed by atoms with Gasteiger partial charge < -0.3 is 9.72 Å². The van der Waals surface area contributed by atoms with E-state index in [0.29, 0.717) is 29.8 Å². The molecule has 0 amide bonds. The molecule has 1 heterocycles. The average molecular weight is 314 g/mol. The maximum Gasteiger partial charge on any atom is 0.337 e. The second-order valence-corrected chi connectivity index (χ2v) is 5.41. The third-order valence-electron chi connectivity index (χ3n) is 3.70. The summed E-state index contributed by atoms with van der Waals surface area (Å²) in [6.45, 7) is 4.03. The van der Waals surface area contributed by atoms with Gasteiger partial charge in [0.1, 0.15) is 5.82 Å². The Labute approximate surface area is 135 Å². The topological polar surface area (TPSA) is 72.0 Å². The van der Waals surface area contributed by atoms with E-state index >= 15 is 0 Å². The van der Waals surface area contributed by atoms with Crippen LogP contribution in [0.15, 0.2) is 29.1 Å². The SMILES string of the molecule is CCCc1nc(CC)[nH]c(=O)c1Cc1cccc(C(=O)OC)c1. The lowest BCUT2D eigenvalue weighted by Gasteiger charge is -2.10. The van der Waals surface area contributed by atoms with E-state index in [1.807, 2.05) is 13.0 Å². The molecule has 2 rings (SSSR count). The lowest BCUT2D eigenvalue weighted by molar-refractivity contribution is 0.0600. The van der Waals surface area contributed by atoms with Crippen molar-refractivity contribution < 1.29 is 9.53 Å². The van der Waals surface area contributed by atoms with Crippen LogP contribution in [0.5, 0.6) is 0 Å². The Bertz CT molecular complexity index is 750. The molecule has 0 saturated heterocycles. The minimum Gasteiger partial charge on any atom is -0.465 e. The Morgan fingerprint density at radius 2 is 2.09 bits per heavy atom. The number of esters is 1. The number of methoxy groups -OCH3 is 1. The molecule has 5 heteroatoms. The van der Waals surface area contributed by atoms with Crippen molar-refractivity contribution >= 4 is 5.97 Å². The van der Waals surface area contributed by atoms with Crippen LogP contribution < -0.4 is 5.56 Å². The van der Waals surface area contributed by atoms with Gasteiger partial charge in [0, 0.05) is 18.4 Å². The van der Waals surface area contributed by atoms with E-state index in [-0.39, 0.29) is 11.5 Å². The number of carbonyl (C=O) groups excluding carboxylic acids is 1. The first-order chi connectivity index (χ1) is 11.1. The van der Waals surface area contributed by atoms with Gasteiger partial charge in [-0.05, 0) is 24.1 Å². The van der Waals surface area contributed by atoms with Crippen molar-refractivity contribution in [3.05, 3.63) is 62.8 Å². The summed E-state index contributed by atoms with van der Waals surface area (Å²) in [7, 11) is 1.35. The Morgan fingerprint density at radius 3 is 2.74 bits per heavy atom. The quantitative estimate of drug-likeness (QED) is 0.832. The number of aromatic amines is 1. The first kappa shape index (κ1) is 16.9. The van der Waals surface area contributed by atoms with Crippen molar-refractivity contribution in [2.24, 2.45) is 0 Å². The maximum absolute atomic E-state index is 12.4. The lowest BCUT2D eigenvalue weighted by atomic mass is 10.0. The molecule has 0 aliphatic heterocycles. The summed E-state index contributed by atoms with van der Waals surface area (Å²) in [5, 5.41) is 0. The molecule has 1 aromatic carbocycles. The second-order valence-electron chi connectivity index (χ2n) is 5.41. The summed E-state index contributed by atoms with van der Waals surface area (Å²) in [5.41, 5.74) is 2.80. The number of carbonyl (C=O) groups is 1. The number of nitrogens with one attached hydrogen (secondary N) is 1. The van der Waals surface area contributed by atoms with Gasteiger partial charge in [-0.1, -0.05) is 32.4 Å². The Balaban J connectivity index is 2.39. The zero-order chi connectivity index (χ0) is 16.8. The number of nitrogens with zero attached hydrogens (tertiary/aromatic N) is 1. The van der Waals surface area contributed by atoms with Crippen molar-refractivity contribution in [1.29, 1.82) is 0 Å². The Hall–Kier alpha value is -2.43. The van der Waals surface area contributed by atoms with Gasteiger partial charge >= 0.3 is 5.97 Å². The number of ether oxygens (including phenoxy) is 1. The molecule has 0 atom stereocenters. The van der Waals surface area contributed by atoms with Gasteiger partial charge in [0.05, 0.1) is 18.4 Å². The van der Waals surface area contributed by atoms with Crippen molar-refractivity contribution in [3.63, 3.8) is 0 Å². The Kier molecular flexibility index (Phi) is 5.68. The molecule has 5 nitrogen and oxygen atoms in total. The molecule has 0 aliphatic rings. The van der Waals surface area contributed by atoms with Gasteiger partial charge in [0.25, 0.3) is 5.56 Å². The van der Waals surface area contributed by atoms with Crippen LogP contribution in [0.1, 0.15) is 53.3 Å². The molecule has 1 N–H and O–H groups in total. The normalized spacial score (nSPS) is 10.6. The van der Waals surface area contributed by atoms with E-state index in [4.69, 9.17) is 4.74 Å². The molecule has 0 aliphatic carbocycles. The van der Waals surface area contributed by atoms with Crippen LogP contribution in [0, 0.1) is 0 Å². The van der Waals surface area contributed by atoms with E-state index in [1.165, 1.54) is 7.11 Å². The third kappa shape index (κ3) is 4.06. The van der Waals surface area contributed by atoms with E-state index in [2.05, 4.69) is 16.9 Å². The van der Waals surface area contributed by atoms with Crippen molar-refractivity contribution in [3.8, 4) is 0 Å². The van der Waals surface area contributed by atoms with Crippen LogP contribution in [0.4, 0.5) is 0 Å². The summed E-state index contributed by atoms with van der Waals surface area (Å²) < 4.78 is 4.74. The predicted octanol–water partition coefficient (Wildman–Crippen LogP) is 2.66. The van der Waals surface area contributed by atoms with E-state index in [1.54, 1.807) is 18.2 Å². The highest BCUT2D eigenvalue weighted by Gasteiger charge is 2.13. The lowest BCUT2D eigenvalue weighted by Crippen LogP contribution is -2.20. The van der Waals surface area contributed by atoms with Gasteiger partial charge in [-0.3, -0.25) is 4.79 Å². The standard InChI is InChI=1S/C18H22N2O3/c1-4-7-15-14(17(21)20-16(5-2)19-15)11-12-8-6-9-13(10-12)18(22)23-3/h6,8-10H,4-5,7,11H2,1-3H3,(H,19,20,21). The minimum atomic E-state index is -0.381. The zero-order valence-electron chi connectivity index (χ0n) is 13.8. The third-order valence-corrected chi connectivity index (χ3v) is 3.70. The van der Waals surface area contributed by atoms with Gasteiger partial charge in [0.15, 0.2) is 0 Å². The molecule has 0 radical (unpaired) electrons. The number of H-pyrrole nitrogens is 1. The molecule has 0 unspecified atom stereocenters. The highest BCUT2D eigenvalue weighted by Crippen LogP contribution is 2.14. The van der Waals surface area contributed by atoms with Gasteiger partial charge in [0.2, 0.25) is 0 Å². The van der Waals surface area contributed by atoms with Crippen molar-refractivity contribution in [1.82, 2.24) is 9.97 Å². The molecule has 1 aromatic heterocycles. The minimum absolute atomic E-state index is 0.0937. The monoisotopic (exact) mass is 314 g/mol. The highest BCUT2D eigenvalue weighted by atomic mass is 16.5. The van der Waals surface area contributed by atoms with Crippen LogP contribution in [0.3, 0.4) is 0 Å². The molecule has 0 bridgehead atoms. The summed E-state index contributed by atoms with van der Waals surface area (Å²) in [6.07, 6.45) is 2.84. The molecular formula is C18H22N2O3. The van der Waals surface area contributed by atoms with Gasteiger partial charge in [-0.2, -0.15) is 0 Å². The van der Waals surface area contributed by atoms with Crippen molar-refractivity contribution in [2.45, 2.75) is 39.5 Å². The number of aryl methyl sites for hydroxylation is 2. The number of rotatable bonds is 6. The van der Waals surface area contributed by atoms with E-state index in [9.17, 15) is 9.59 Å². The predicted molar refractivity (Wildman–Crippen MR) is 88.8 cm³/mol. The summed E-state index contributed by atoms with van der Waals surface area (Å²) in [4.78, 5) is 31.4. The van der Waals surface area contributed by atoms with E-state index < -0.39 is 0 Å². The smallest absolute Gasteiger partial charge is 0.337 e. The molecule has 0 fully saturated rings. The summed E-state index contributed by atoms with van der Waals surface area (Å²) >= 11 is 0. The number of aromatic nitrogens is 2. The Morgan fingerprint density at radius 1 is 1.30 bits per heavy atom. The highest BCUT2D eigenvalue weighted by molar-refractivity contribution is 5.89. The summed E-state index contributed by atoms with van der Waals surface area (Å²) in [6, 6.07) is 7.15. The van der Waals surface area contributed by atoms with Crippen LogP contribution >= 0.6 is 0 Å². The van der Waals surface area contributed by atoms with Crippen molar-refractivity contribution in [2.75, 3.05) is 7.11 Å². The molecule has 23 heavy (non-hydrogen) atoms. The fourth-order valence-corrected chi connectivity index (χ4v) is 2.52. The van der Waals surface area contributed by atoms with Crippen LogP contribution in [0.25, 0.3) is 0 Å². The first-order valence-electron chi connectivity index (χ1n) is 7.87. The number of hydrogen-bond donors (Lipinski definition) is 1. The number of benzene rings is 1. The van der Waals surface area contributed by atoms with Crippen LogP contribution in [0.2, 0.25) is 0 Å². The fourth-order valence-electron chi connectivity index (χ4n) is 2.52. The molecule has 0 spiro atoms. The van der Waals surface area contributed by atoms with Crippen LogP contribution in [-0.2, 0) is 24.0 Å². The average Bonchev–Trinajstić information content (AvgIpc) is 2.57. The second kappa shape index (κ2) is 7.72. The largest absolute Gasteiger partial charge is 0.465 e. The van der Waals surface area contributed by atoms with Gasteiger partial charge in [-0.25, -0.2) is 9.78 Å². The number of hydrogen-bond acceptors (Lipinski definition) is 4. The molecule has 2 aromatic rings. The first-order valence-corrected chi connectivity index (χ1v) is 7.87. The molecule has 122 valence electrons. The molecule has 0 saturated carbocycles. The maximum atomic E-state index is 12.4. The fraction of sp³-hybridized carbons (Fsp3) is 0.389. The van der Waals surface area contributed by atoms with Crippen LogP contribution in [-0.4, -0.2) is 23.0 Å². The summed E-state index contributed by atoms with van der Waals surface area (Å²) in [5.74, 6) is 0.333. The molecular weight excluding hydrogens is 292 g/mol. The van der Waals surface area contributed by atoms with E-state index in [0.717, 1.165) is 24.1 Å².